The molecule has 2 aliphatic rings. The van der Waals surface area contributed by atoms with Crippen LogP contribution in [0, 0.1) is 11.6 Å². The number of nitrogens with one attached hydrogen (secondary N) is 1. The third-order valence-electron chi connectivity index (χ3n) is 5.36. The van der Waals surface area contributed by atoms with Crippen LogP contribution < -0.4 is 5.32 Å². The number of halogens is 2. The van der Waals surface area contributed by atoms with Gasteiger partial charge in [0.15, 0.2) is 0 Å². The van der Waals surface area contributed by atoms with Gasteiger partial charge in [-0.05, 0) is 73.8 Å². The number of carbonyl (C=O) groups is 1. The second kappa shape index (κ2) is 6.23. The number of amides is 1. The summed E-state index contributed by atoms with van der Waals surface area (Å²) < 4.78 is 27.5. The Bertz CT molecular complexity index is 842. The maximum Gasteiger partial charge on any atom is 0.251 e. The molecule has 1 fully saturated rings. The molecule has 0 atom stereocenters. The quantitative estimate of drug-likeness (QED) is 0.903. The highest BCUT2D eigenvalue weighted by Crippen LogP contribution is 2.37. The molecule has 130 valence electrons. The van der Waals surface area contributed by atoms with Crippen LogP contribution in [0.1, 0.15) is 40.2 Å². The molecule has 25 heavy (non-hydrogen) atoms. The molecule has 4 rings (SSSR count). The van der Waals surface area contributed by atoms with Gasteiger partial charge in [-0.25, -0.2) is 8.78 Å². The first-order chi connectivity index (χ1) is 12.0. The van der Waals surface area contributed by atoms with Crippen molar-refractivity contribution >= 4 is 5.91 Å². The molecule has 2 aromatic rings. The largest absolute Gasteiger partial charge is 0.348 e. The van der Waals surface area contributed by atoms with Crippen LogP contribution in [-0.4, -0.2) is 30.9 Å². The van der Waals surface area contributed by atoms with Gasteiger partial charge in [-0.3, -0.25) is 4.79 Å². The molecule has 0 radical (unpaired) electrons. The highest BCUT2D eigenvalue weighted by Gasteiger charge is 2.28. The maximum absolute atomic E-state index is 14.3. The van der Waals surface area contributed by atoms with Crippen LogP contribution in [0.5, 0.6) is 0 Å². The Morgan fingerprint density at radius 1 is 1.08 bits per heavy atom. The topological polar surface area (TPSA) is 32.3 Å². The van der Waals surface area contributed by atoms with E-state index >= 15 is 0 Å². The van der Waals surface area contributed by atoms with Crippen molar-refractivity contribution in [3.05, 3.63) is 58.7 Å². The number of nitrogens with zero attached hydrogens (tertiary/aromatic N) is 1. The average molecular weight is 342 g/mol. The molecule has 1 amide bonds. The Morgan fingerprint density at radius 2 is 1.84 bits per heavy atom. The Morgan fingerprint density at radius 3 is 2.56 bits per heavy atom. The van der Waals surface area contributed by atoms with E-state index in [1.165, 1.54) is 12.1 Å². The Hall–Kier alpha value is -2.27. The van der Waals surface area contributed by atoms with Crippen LogP contribution in [0.15, 0.2) is 30.3 Å². The van der Waals surface area contributed by atoms with Crippen LogP contribution in [0.3, 0.4) is 0 Å². The van der Waals surface area contributed by atoms with Gasteiger partial charge in [0.05, 0.1) is 0 Å². The lowest BCUT2D eigenvalue weighted by atomic mass is 9.83. The summed E-state index contributed by atoms with van der Waals surface area (Å²) in [6.07, 6.45) is 2.04. The minimum absolute atomic E-state index is 0.117. The average Bonchev–Trinajstić information content (AvgIpc) is 2.96. The van der Waals surface area contributed by atoms with E-state index in [0.717, 1.165) is 43.1 Å². The van der Waals surface area contributed by atoms with Gasteiger partial charge < -0.3 is 10.2 Å². The number of hydrogen-bond donors (Lipinski definition) is 1. The molecule has 1 saturated heterocycles. The van der Waals surface area contributed by atoms with Crippen molar-refractivity contribution in [2.75, 3.05) is 20.1 Å². The van der Waals surface area contributed by atoms with E-state index in [9.17, 15) is 13.6 Å². The summed E-state index contributed by atoms with van der Waals surface area (Å²) in [7, 11) is 2.11. The van der Waals surface area contributed by atoms with Gasteiger partial charge in [0.25, 0.3) is 5.91 Å². The predicted octanol–water partition coefficient (Wildman–Crippen LogP) is 3.68. The number of piperidine rings is 1. The van der Waals surface area contributed by atoms with Gasteiger partial charge >= 0.3 is 0 Å². The summed E-state index contributed by atoms with van der Waals surface area (Å²) >= 11 is 0. The molecular weight excluding hydrogens is 322 g/mol. The van der Waals surface area contributed by atoms with Crippen molar-refractivity contribution in [2.45, 2.75) is 25.3 Å². The molecule has 5 heteroatoms. The maximum atomic E-state index is 14.3. The van der Waals surface area contributed by atoms with E-state index in [-0.39, 0.29) is 5.91 Å². The van der Waals surface area contributed by atoms with Crippen molar-refractivity contribution in [1.29, 1.82) is 0 Å². The zero-order chi connectivity index (χ0) is 17.6. The van der Waals surface area contributed by atoms with Crippen molar-refractivity contribution in [2.24, 2.45) is 0 Å². The molecule has 0 bridgehead atoms. The summed E-state index contributed by atoms with van der Waals surface area (Å²) in [5.41, 5.74) is 3.75. The van der Waals surface area contributed by atoms with E-state index < -0.39 is 11.6 Å². The zero-order valence-electron chi connectivity index (χ0n) is 14.1. The van der Waals surface area contributed by atoms with Crippen LogP contribution in [0.2, 0.25) is 0 Å². The lowest BCUT2D eigenvalue weighted by Crippen LogP contribution is -2.29. The fourth-order valence-corrected chi connectivity index (χ4v) is 3.92. The van der Waals surface area contributed by atoms with Crippen molar-refractivity contribution in [3.63, 3.8) is 0 Å². The predicted molar refractivity (Wildman–Crippen MR) is 92.4 cm³/mol. The molecule has 1 N–H and O–H groups in total. The molecule has 0 aliphatic carbocycles. The minimum Gasteiger partial charge on any atom is -0.348 e. The van der Waals surface area contributed by atoms with Crippen LogP contribution in [0.4, 0.5) is 8.78 Å². The fourth-order valence-electron chi connectivity index (χ4n) is 3.92. The highest BCUT2D eigenvalue weighted by molar-refractivity contribution is 6.00. The van der Waals surface area contributed by atoms with Crippen molar-refractivity contribution < 1.29 is 13.6 Å². The number of fused-ring (bicyclic) bond motifs is 1. The fraction of sp³-hybridized carbons (Fsp3) is 0.350. The lowest BCUT2D eigenvalue weighted by Gasteiger charge is -2.30. The molecule has 0 spiro atoms. The van der Waals surface area contributed by atoms with E-state index in [1.807, 2.05) is 6.07 Å². The van der Waals surface area contributed by atoms with Gasteiger partial charge in [-0.1, -0.05) is 6.07 Å². The summed E-state index contributed by atoms with van der Waals surface area (Å²) in [6.45, 7) is 2.55. The summed E-state index contributed by atoms with van der Waals surface area (Å²) in [5.74, 6) is -0.960. The molecule has 2 heterocycles. The molecule has 3 nitrogen and oxygen atoms in total. The third-order valence-corrected chi connectivity index (χ3v) is 5.36. The minimum atomic E-state index is -0.604. The lowest BCUT2D eigenvalue weighted by molar-refractivity contribution is 0.0966. The standard InChI is InChI=1S/C20H20F2N2O/c1-24-6-4-12(5-7-24)16-8-13(9-17-18(16)11-23-20(17)25)15-3-2-14(21)10-19(15)22/h2-3,8-10,12H,4-7,11H2,1H3,(H,23,25). The van der Waals surface area contributed by atoms with Crippen molar-refractivity contribution in [3.8, 4) is 11.1 Å². The normalized spacial score (nSPS) is 18.3. The van der Waals surface area contributed by atoms with Crippen molar-refractivity contribution in [1.82, 2.24) is 10.2 Å². The first-order valence-corrected chi connectivity index (χ1v) is 8.62. The molecule has 0 aromatic heterocycles. The second-order valence-electron chi connectivity index (χ2n) is 6.98. The molecule has 2 aliphatic heterocycles. The summed E-state index contributed by atoms with van der Waals surface area (Å²) in [4.78, 5) is 14.5. The highest BCUT2D eigenvalue weighted by atomic mass is 19.1. The van der Waals surface area contributed by atoms with E-state index in [1.54, 1.807) is 6.07 Å². The SMILES string of the molecule is CN1CCC(c2cc(-c3ccc(F)cc3F)cc3c2CNC3=O)CC1. The van der Waals surface area contributed by atoms with Gasteiger partial charge in [-0.2, -0.15) is 0 Å². The molecular formula is C20H20F2N2O. The van der Waals surface area contributed by atoms with E-state index in [4.69, 9.17) is 0 Å². The number of hydrogen-bond acceptors (Lipinski definition) is 2. The van der Waals surface area contributed by atoms with Gasteiger partial charge in [-0.15, -0.1) is 0 Å². The Labute approximate surface area is 145 Å². The summed E-state index contributed by atoms with van der Waals surface area (Å²) in [5, 5.41) is 2.87. The third kappa shape index (κ3) is 2.93. The Balaban J connectivity index is 1.82. The van der Waals surface area contributed by atoms with E-state index in [2.05, 4.69) is 17.3 Å². The smallest absolute Gasteiger partial charge is 0.251 e. The monoisotopic (exact) mass is 342 g/mol. The number of benzene rings is 2. The number of carbonyl (C=O) groups excluding carboxylic acids is 1. The first kappa shape index (κ1) is 16.2. The Kier molecular flexibility index (Phi) is 4.04. The molecule has 0 saturated carbocycles. The zero-order valence-corrected chi connectivity index (χ0v) is 14.1. The molecule has 2 aromatic carbocycles. The molecule has 0 unspecified atom stereocenters. The van der Waals surface area contributed by atoms with E-state index in [0.29, 0.717) is 29.2 Å². The van der Waals surface area contributed by atoms with Crippen LogP contribution in [-0.2, 0) is 6.54 Å². The van der Waals surface area contributed by atoms with Crippen LogP contribution >= 0.6 is 0 Å². The number of likely N-dealkylation sites (tertiary alicyclic amines) is 1. The first-order valence-electron chi connectivity index (χ1n) is 8.62. The second-order valence-corrected chi connectivity index (χ2v) is 6.98. The summed E-state index contributed by atoms with van der Waals surface area (Å²) in [6, 6.07) is 7.30. The van der Waals surface area contributed by atoms with Crippen LogP contribution in [0.25, 0.3) is 11.1 Å². The number of rotatable bonds is 2. The van der Waals surface area contributed by atoms with Gasteiger partial charge in [0.1, 0.15) is 11.6 Å². The van der Waals surface area contributed by atoms with Gasteiger partial charge in [0, 0.05) is 23.7 Å². The van der Waals surface area contributed by atoms with Gasteiger partial charge in [0.2, 0.25) is 0 Å².